The molecule has 3 N–H and O–H groups in total. The molecule has 8 heteroatoms. The van der Waals surface area contributed by atoms with Crippen LogP contribution < -0.4 is 16.0 Å². The molecule has 2 heterocycles. The SMILES string of the molecule is O=C(CCC1CCN(C(=O)C2CNCC(=O)N2)CC1)Nc1ccccc1Cl. The van der Waals surface area contributed by atoms with Gasteiger partial charge in [0.05, 0.1) is 17.3 Å². The predicted octanol–water partition coefficient (Wildman–Crippen LogP) is 1.39. The van der Waals surface area contributed by atoms with Gasteiger partial charge in [0.2, 0.25) is 17.7 Å². The zero-order valence-corrected chi connectivity index (χ0v) is 15.9. The number of piperidine rings is 1. The Labute approximate surface area is 163 Å². The van der Waals surface area contributed by atoms with Crippen LogP contribution in [0.2, 0.25) is 5.02 Å². The van der Waals surface area contributed by atoms with Crippen LogP contribution in [0, 0.1) is 5.92 Å². The molecule has 1 aromatic carbocycles. The van der Waals surface area contributed by atoms with Crippen molar-refractivity contribution in [3.8, 4) is 0 Å². The molecule has 3 amide bonds. The Balaban J connectivity index is 1.39. The summed E-state index contributed by atoms with van der Waals surface area (Å²) in [5.74, 6) is 0.215. The van der Waals surface area contributed by atoms with E-state index in [2.05, 4.69) is 16.0 Å². The lowest BCUT2D eigenvalue weighted by Gasteiger charge is -2.35. The third-order valence-corrected chi connectivity index (χ3v) is 5.45. The minimum atomic E-state index is -0.468. The van der Waals surface area contributed by atoms with Crippen LogP contribution in [0.3, 0.4) is 0 Å². The van der Waals surface area contributed by atoms with Gasteiger partial charge in [0.1, 0.15) is 6.04 Å². The number of halogens is 1. The summed E-state index contributed by atoms with van der Waals surface area (Å²) in [4.78, 5) is 37.9. The number of piperazine rings is 1. The Hall–Kier alpha value is -2.12. The first kappa shape index (κ1) is 19.6. The van der Waals surface area contributed by atoms with E-state index in [0.717, 1.165) is 19.3 Å². The van der Waals surface area contributed by atoms with Gasteiger partial charge in [0.25, 0.3) is 0 Å². The van der Waals surface area contributed by atoms with E-state index in [9.17, 15) is 14.4 Å². The molecular formula is C19H25ClN4O3. The molecule has 0 radical (unpaired) electrons. The number of carbonyl (C=O) groups is 3. The zero-order valence-electron chi connectivity index (χ0n) is 15.2. The predicted molar refractivity (Wildman–Crippen MR) is 103 cm³/mol. The highest BCUT2D eigenvalue weighted by Gasteiger charge is 2.31. The van der Waals surface area contributed by atoms with E-state index in [-0.39, 0.29) is 24.3 Å². The lowest BCUT2D eigenvalue weighted by atomic mass is 9.91. The summed E-state index contributed by atoms with van der Waals surface area (Å²) in [7, 11) is 0. The van der Waals surface area contributed by atoms with Gasteiger partial charge in [-0.3, -0.25) is 14.4 Å². The van der Waals surface area contributed by atoms with Crippen LogP contribution in [-0.4, -0.2) is 54.8 Å². The number of hydrogen-bond acceptors (Lipinski definition) is 4. The van der Waals surface area contributed by atoms with E-state index >= 15 is 0 Å². The molecule has 0 bridgehead atoms. The Morgan fingerprint density at radius 2 is 1.96 bits per heavy atom. The fourth-order valence-electron chi connectivity index (χ4n) is 3.55. The third-order valence-electron chi connectivity index (χ3n) is 5.12. The van der Waals surface area contributed by atoms with Crippen molar-refractivity contribution in [1.29, 1.82) is 0 Å². The first-order valence-corrected chi connectivity index (χ1v) is 9.74. The largest absolute Gasteiger partial charge is 0.342 e. The minimum Gasteiger partial charge on any atom is -0.342 e. The molecule has 2 fully saturated rings. The van der Waals surface area contributed by atoms with Gasteiger partial charge in [0, 0.05) is 26.1 Å². The molecule has 27 heavy (non-hydrogen) atoms. The molecule has 0 aromatic heterocycles. The molecule has 7 nitrogen and oxygen atoms in total. The normalized spacial score (nSPS) is 20.9. The van der Waals surface area contributed by atoms with Crippen LogP contribution >= 0.6 is 11.6 Å². The quantitative estimate of drug-likeness (QED) is 0.706. The van der Waals surface area contributed by atoms with Crippen molar-refractivity contribution in [3.05, 3.63) is 29.3 Å². The summed E-state index contributed by atoms with van der Waals surface area (Å²) < 4.78 is 0. The third kappa shape index (κ3) is 5.43. The molecule has 2 saturated heterocycles. The number of carbonyl (C=O) groups excluding carboxylic acids is 3. The topological polar surface area (TPSA) is 90.5 Å². The number of likely N-dealkylation sites (tertiary alicyclic amines) is 1. The second kappa shape index (κ2) is 9.19. The lowest BCUT2D eigenvalue weighted by molar-refractivity contribution is -0.138. The summed E-state index contributed by atoms with van der Waals surface area (Å²) in [6.07, 6.45) is 2.98. The first-order chi connectivity index (χ1) is 13.0. The van der Waals surface area contributed by atoms with E-state index < -0.39 is 6.04 Å². The summed E-state index contributed by atoms with van der Waals surface area (Å²) in [6, 6.07) is 6.71. The van der Waals surface area contributed by atoms with E-state index in [1.54, 1.807) is 12.1 Å². The maximum Gasteiger partial charge on any atom is 0.246 e. The van der Waals surface area contributed by atoms with Crippen LogP contribution in [-0.2, 0) is 14.4 Å². The van der Waals surface area contributed by atoms with Crippen molar-refractivity contribution in [3.63, 3.8) is 0 Å². The van der Waals surface area contributed by atoms with Crippen LogP contribution in [0.5, 0.6) is 0 Å². The number of nitrogens with zero attached hydrogens (tertiary/aromatic N) is 1. The van der Waals surface area contributed by atoms with Gasteiger partial charge in [-0.1, -0.05) is 23.7 Å². The highest BCUT2D eigenvalue weighted by atomic mass is 35.5. The van der Waals surface area contributed by atoms with E-state index in [4.69, 9.17) is 11.6 Å². The molecule has 146 valence electrons. The molecule has 1 aromatic rings. The standard InChI is InChI=1S/C19H25ClN4O3/c20-14-3-1-2-4-15(14)22-17(25)6-5-13-7-9-24(10-8-13)19(27)16-11-21-12-18(26)23-16/h1-4,13,16,21H,5-12H2,(H,22,25)(H,23,26). The van der Waals surface area contributed by atoms with Crippen molar-refractivity contribution in [2.24, 2.45) is 5.92 Å². The number of rotatable bonds is 5. The Bertz CT molecular complexity index is 704. The molecule has 1 atom stereocenters. The fourth-order valence-corrected chi connectivity index (χ4v) is 3.73. The summed E-state index contributed by atoms with van der Waals surface area (Å²) in [5.41, 5.74) is 0.632. The van der Waals surface area contributed by atoms with Crippen LogP contribution in [0.25, 0.3) is 0 Å². The molecule has 2 aliphatic heterocycles. The highest BCUT2D eigenvalue weighted by molar-refractivity contribution is 6.33. The molecule has 2 aliphatic rings. The molecule has 0 aliphatic carbocycles. The maximum absolute atomic E-state index is 12.5. The van der Waals surface area contributed by atoms with Crippen LogP contribution in [0.1, 0.15) is 25.7 Å². The fraction of sp³-hybridized carbons (Fsp3) is 0.526. The van der Waals surface area contributed by atoms with Gasteiger partial charge >= 0.3 is 0 Å². The minimum absolute atomic E-state index is 0.0227. The van der Waals surface area contributed by atoms with Crippen molar-refractivity contribution in [2.75, 3.05) is 31.5 Å². The summed E-state index contributed by atoms with van der Waals surface area (Å²) in [5, 5.41) is 9.06. The second-order valence-corrected chi connectivity index (χ2v) is 7.49. The van der Waals surface area contributed by atoms with Crippen molar-refractivity contribution >= 4 is 35.0 Å². The summed E-state index contributed by atoms with van der Waals surface area (Å²) in [6.45, 7) is 2.08. The van der Waals surface area contributed by atoms with Crippen molar-refractivity contribution < 1.29 is 14.4 Å². The van der Waals surface area contributed by atoms with Crippen molar-refractivity contribution in [1.82, 2.24) is 15.5 Å². The number of para-hydroxylation sites is 1. The number of anilines is 1. The molecular weight excluding hydrogens is 368 g/mol. The van der Waals surface area contributed by atoms with Gasteiger partial charge in [-0.05, 0) is 37.3 Å². The van der Waals surface area contributed by atoms with E-state index in [0.29, 0.717) is 42.7 Å². The molecule has 0 saturated carbocycles. The number of benzene rings is 1. The van der Waals surface area contributed by atoms with Crippen LogP contribution in [0.4, 0.5) is 5.69 Å². The Morgan fingerprint density at radius 1 is 1.22 bits per heavy atom. The Morgan fingerprint density at radius 3 is 2.67 bits per heavy atom. The zero-order chi connectivity index (χ0) is 19.2. The van der Waals surface area contributed by atoms with Gasteiger partial charge in [-0.15, -0.1) is 0 Å². The highest BCUT2D eigenvalue weighted by Crippen LogP contribution is 2.24. The monoisotopic (exact) mass is 392 g/mol. The number of amides is 3. The summed E-state index contributed by atoms with van der Waals surface area (Å²) >= 11 is 6.05. The van der Waals surface area contributed by atoms with Crippen molar-refractivity contribution in [2.45, 2.75) is 31.7 Å². The average molecular weight is 393 g/mol. The molecule has 3 rings (SSSR count). The number of hydrogen-bond donors (Lipinski definition) is 3. The van der Waals surface area contributed by atoms with E-state index in [1.807, 2.05) is 17.0 Å². The van der Waals surface area contributed by atoms with Crippen LogP contribution in [0.15, 0.2) is 24.3 Å². The smallest absolute Gasteiger partial charge is 0.246 e. The van der Waals surface area contributed by atoms with Gasteiger partial charge < -0.3 is 20.9 Å². The number of nitrogens with one attached hydrogen (secondary N) is 3. The molecule has 0 spiro atoms. The van der Waals surface area contributed by atoms with Gasteiger partial charge in [0.15, 0.2) is 0 Å². The van der Waals surface area contributed by atoms with Gasteiger partial charge in [-0.25, -0.2) is 0 Å². The van der Waals surface area contributed by atoms with Gasteiger partial charge in [-0.2, -0.15) is 0 Å². The average Bonchev–Trinajstić information content (AvgIpc) is 2.68. The lowest BCUT2D eigenvalue weighted by Crippen LogP contribution is -2.59. The molecule has 1 unspecified atom stereocenters. The Kier molecular flexibility index (Phi) is 6.68. The van der Waals surface area contributed by atoms with E-state index in [1.165, 1.54) is 0 Å². The maximum atomic E-state index is 12.5. The first-order valence-electron chi connectivity index (χ1n) is 9.36. The second-order valence-electron chi connectivity index (χ2n) is 7.09.